The van der Waals surface area contributed by atoms with Crippen LogP contribution in [0.2, 0.25) is 0 Å². The summed E-state index contributed by atoms with van der Waals surface area (Å²) in [6, 6.07) is 4.24. The van der Waals surface area contributed by atoms with Crippen molar-refractivity contribution >= 4 is 18.9 Å². The number of rotatable bonds is 1. The van der Waals surface area contributed by atoms with Gasteiger partial charge in [-0.25, -0.2) is 4.39 Å². The third kappa shape index (κ3) is 1.19. The predicted molar refractivity (Wildman–Crippen MR) is 39.0 cm³/mol. The molecule has 0 amide bonds. The first-order valence-electron chi connectivity index (χ1n) is 2.68. The van der Waals surface area contributed by atoms with E-state index < -0.39 is 5.82 Å². The van der Waals surface area contributed by atoms with Crippen molar-refractivity contribution in [2.24, 2.45) is 0 Å². The molecule has 0 spiro atoms. The second-order valence-corrected chi connectivity index (χ2v) is 2.24. The van der Waals surface area contributed by atoms with Gasteiger partial charge in [0.15, 0.2) is 6.29 Å². The van der Waals surface area contributed by atoms with Crippen molar-refractivity contribution in [2.75, 3.05) is 0 Å². The van der Waals surface area contributed by atoms with Crippen molar-refractivity contribution in [3.8, 4) is 0 Å². The Morgan fingerprint density at radius 1 is 1.50 bits per heavy atom. The first-order valence-corrected chi connectivity index (χ1v) is 3.13. The molecule has 1 rings (SSSR count). The Morgan fingerprint density at radius 3 is 2.70 bits per heavy atom. The lowest BCUT2D eigenvalue weighted by Crippen LogP contribution is -1.85. The zero-order chi connectivity index (χ0) is 7.56. The second-order valence-electron chi connectivity index (χ2n) is 1.80. The van der Waals surface area contributed by atoms with Crippen molar-refractivity contribution in [1.82, 2.24) is 0 Å². The number of halogens is 1. The van der Waals surface area contributed by atoms with Crippen LogP contribution in [0.3, 0.4) is 0 Å². The normalized spacial score (nSPS) is 9.40. The standard InChI is InChI=1S/C7H5FOS/c8-6-3-1-2-5(4-9)7(6)10/h1-4,10H. The fourth-order valence-corrected chi connectivity index (χ4v) is 0.829. The first-order chi connectivity index (χ1) is 4.75. The van der Waals surface area contributed by atoms with Gasteiger partial charge in [-0.3, -0.25) is 4.79 Å². The molecule has 1 aromatic rings. The van der Waals surface area contributed by atoms with Crippen LogP contribution < -0.4 is 0 Å². The number of carbonyl (C=O) groups is 1. The molecule has 52 valence electrons. The number of thiol groups is 1. The summed E-state index contributed by atoms with van der Waals surface area (Å²) in [4.78, 5) is 10.3. The van der Waals surface area contributed by atoms with Gasteiger partial charge in [0.25, 0.3) is 0 Å². The van der Waals surface area contributed by atoms with E-state index in [-0.39, 0.29) is 10.5 Å². The van der Waals surface area contributed by atoms with Crippen LogP contribution in [0.1, 0.15) is 10.4 Å². The number of benzene rings is 1. The highest BCUT2D eigenvalue weighted by Gasteiger charge is 2.00. The molecule has 0 heterocycles. The van der Waals surface area contributed by atoms with Gasteiger partial charge < -0.3 is 0 Å². The van der Waals surface area contributed by atoms with Crippen molar-refractivity contribution < 1.29 is 9.18 Å². The van der Waals surface area contributed by atoms with Crippen LogP contribution >= 0.6 is 12.6 Å². The van der Waals surface area contributed by atoms with Crippen LogP contribution in [0.4, 0.5) is 4.39 Å². The number of aldehydes is 1. The van der Waals surface area contributed by atoms with E-state index in [0.717, 1.165) is 0 Å². The van der Waals surface area contributed by atoms with E-state index in [1.54, 1.807) is 0 Å². The molecule has 0 aliphatic heterocycles. The molecular formula is C7H5FOS. The van der Waals surface area contributed by atoms with Gasteiger partial charge in [0.1, 0.15) is 5.82 Å². The minimum atomic E-state index is -0.465. The van der Waals surface area contributed by atoms with Crippen molar-refractivity contribution in [2.45, 2.75) is 4.90 Å². The molecular weight excluding hydrogens is 151 g/mol. The van der Waals surface area contributed by atoms with Gasteiger partial charge >= 0.3 is 0 Å². The van der Waals surface area contributed by atoms with E-state index in [4.69, 9.17) is 0 Å². The molecule has 3 heteroatoms. The second kappa shape index (κ2) is 2.84. The zero-order valence-corrected chi connectivity index (χ0v) is 5.94. The average Bonchev–Trinajstić information content (AvgIpc) is 1.95. The summed E-state index contributed by atoms with van der Waals surface area (Å²) in [5.74, 6) is -0.465. The monoisotopic (exact) mass is 156 g/mol. The molecule has 0 radical (unpaired) electrons. The van der Waals surface area contributed by atoms with Gasteiger partial charge in [0.2, 0.25) is 0 Å². The topological polar surface area (TPSA) is 17.1 Å². The lowest BCUT2D eigenvalue weighted by atomic mass is 10.2. The van der Waals surface area contributed by atoms with E-state index in [2.05, 4.69) is 12.6 Å². The number of carbonyl (C=O) groups excluding carboxylic acids is 1. The van der Waals surface area contributed by atoms with Crippen LogP contribution in [0, 0.1) is 5.82 Å². The predicted octanol–water partition coefficient (Wildman–Crippen LogP) is 1.93. The summed E-state index contributed by atoms with van der Waals surface area (Å²) in [5.41, 5.74) is 0.281. The molecule has 0 aliphatic rings. The first kappa shape index (κ1) is 7.28. The van der Waals surface area contributed by atoms with Gasteiger partial charge in [0.05, 0.1) is 4.90 Å². The highest BCUT2D eigenvalue weighted by Crippen LogP contribution is 2.15. The molecule has 1 aromatic carbocycles. The molecule has 0 bridgehead atoms. The highest BCUT2D eigenvalue weighted by atomic mass is 32.1. The molecule has 0 N–H and O–H groups in total. The van der Waals surface area contributed by atoms with E-state index >= 15 is 0 Å². The summed E-state index contributed by atoms with van der Waals surface area (Å²) in [6.07, 6.45) is 0.575. The summed E-state index contributed by atoms with van der Waals surface area (Å²) >= 11 is 3.79. The Labute approximate surface area is 63.3 Å². The van der Waals surface area contributed by atoms with Crippen LogP contribution in [-0.4, -0.2) is 6.29 Å². The van der Waals surface area contributed by atoms with Crippen LogP contribution in [0.25, 0.3) is 0 Å². The average molecular weight is 156 g/mol. The van der Waals surface area contributed by atoms with Crippen LogP contribution in [-0.2, 0) is 0 Å². The smallest absolute Gasteiger partial charge is 0.151 e. The van der Waals surface area contributed by atoms with Gasteiger partial charge in [-0.1, -0.05) is 12.1 Å². The summed E-state index contributed by atoms with van der Waals surface area (Å²) < 4.78 is 12.5. The maximum Gasteiger partial charge on any atom is 0.151 e. The summed E-state index contributed by atoms with van der Waals surface area (Å²) in [5, 5.41) is 0. The Morgan fingerprint density at radius 2 is 2.20 bits per heavy atom. The fourth-order valence-electron chi connectivity index (χ4n) is 0.627. The Kier molecular flexibility index (Phi) is 2.06. The number of hydrogen-bond acceptors (Lipinski definition) is 2. The molecule has 0 atom stereocenters. The molecule has 0 unspecified atom stereocenters. The third-order valence-corrected chi connectivity index (χ3v) is 1.62. The van der Waals surface area contributed by atoms with Crippen LogP contribution in [0.5, 0.6) is 0 Å². The van der Waals surface area contributed by atoms with E-state index in [1.165, 1.54) is 18.2 Å². The van der Waals surface area contributed by atoms with Crippen molar-refractivity contribution in [1.29, 1.82) is 0 Å². The maximum absolute atomic E-state index is 12.5. The highest BCUT2D eigenvalue weighted by molar-refractivity contribution is 7.80. The molecule has 1 nitrogen and oxygen atoms in total. The molecule has 0 aromatic heterocycles. The molecule has 0 aliphatic carbocycles. The van der Waals surface area contributed by atoms with E-state index in [0.29, 0.717) is 6.29 Å². The fraction of sp³-hybridized carbons (Fsp3) is 0. The van der Waals surface area contributed by atoms with Crippen molar-refractivity contribution in [3.63, 3.8) is 0 Å². The maximum atomic E-state index is 12.5. The van der Waals surface area contributed by atoms with Gasteiger partial charge in [-0.15, -0.1) is 12.6 Å². The van der Waals surface area contributed by atoms with Gasteiger partial charge in [-0.05, 0) is 6.07 Å². The van der Waals surface area contributed by atoms with Crippen LogP contribution in [0.15, 0.2) is 23.1 Å². The molecule has 0 saturated heterocycles. The van der Waals surface area contributed by atoms with E-state index in [9.17, 15) is 9.18 Å². The lowest BCUT2D eigenvalue weighted by molar-refractivity contribution is 0.112. The summed E-state index contributed by atoms with van der Waals surface area (Å²) in [6.45, 7) is 0. The Bertz CT molecular complexity index is 260. The minimum Gasteiger partial charge on any atom is -0.298 e. The minimum absolute atomic E-state index is 0.109. The molecule has 0 saturated carbocycles. The van der Waals surface area contributed by atoms with Gasteiger partial charge in [0, 0.05) is 5.56 Å². The lowest BCUT2D eigenvalue weighted by Gasteiger charge is -1.95. The quantitative estimate of drug-likeness (QED) is 0.485. The zero-order valence-electron chi connectivity index (χ0n) is 5.04. The van der Waals surface area contributed by atoms with Gasteiger partial charge in [-0.2, -0.15) is 0 Å². The largest absolute Gasteiger partial charge is 0.298 e. The molecule has 10 heavy (non-hydrogen) atoms. The summed E-state index contributed by atoms with van der Waals surface area (Å²) in [7, 11) is 0. The SMILES string of the molecule is O=Cc1cccc(F)c1S. The Balaban J connectivity index is 3.27. The van der Waals surface area contributed by atoms with Crippen molar-refractivity contribution in [3.05, 3.63) is 29.6 Å². The van der Waals surface area contributed by atoms with E-state index in [1.807, 2.05) is 0 Å². The Hall–Kier alpha value is -0.830. The third-order valence-electron chi connectivity index (χ3n) is 1.14. The molecule has 0 fully saturated rings. The number of hydrogen-bond donors (Lipinski definition) is 1.